The molecule has 0 unspecified atom stereocenters. The molecule has 5 heteroatoms. The van der Waals surface area contributed by atoms with Crippen LogP contribution in [0.1, 0.15) is 50.5 Å². The highest BCUT2D eigenvalue weighted by molar-refractivity contribution is 5.92. The minimum absolute atomic E-state index is 0.119. The maximum atomic E-state index is 11.9. The van der Waals surface area contributed by atoms with Gasteiger partial charge in [-0.15, -0.1) is 0 Å². The molecule has 0 aliphatic heterocycles. The predicted octanol–water partition coefficient (Wildman–Crippen LogP) is 2.24. The van der Waals surface area contributed by atoms with Crippen molar-refractivity contribution in [2.75, 3.05) is 24.5 Å². The lowest BCUT2D eigenvalue weighted by molar-refractivity contribution is 0.0948. The summed E-state index contributed by atoms with van der Waals surface area (Å²) in [6.07, 6.45) is 4.93. The van der Waals surface area contributed by atoms with E-state index in [0.717, 1.165) is 32.4 Å². The van der Waals surface area contributed by atoms with E-state index in [1.54, 1.807) is 12.3 Å². The third-order valence-electron chi connectivity index (χ3n) is 2.99. The maximum absolute atomic E-state index is 11.9. The van der Waals surface area contributed by atoms with Crippen LogP contribution in [-0.4, -0.2) is 35.5 Å². The molecule has 19 heavy (non-hydrogen) atoms. The van der Waals surface area contributed by atoms with Gasteiger partial charge in [0.25, 0.3) is 5.91 Å². The van der Waals surface area contributed by atoms with E-state index in [9.17, 15) is 4.79 Å². The topological polar surface area (TPSA) is 58.1 Å². The normalized spacial score (nSPS) is 10.3. The van der Waals surface area contributed by atoms with Gasteiger partial charge in [-0.2, -0.15) is 0 Å². The number of aromatic nitrogens is 2. The van der Waals surface area contributed by atoms with Gasteiger partial charge in [-0.25, -0.2) is 9.97 Å². The van der Waals surface area contributed by atoms with Crippen molar-refractivity contribution in [1.82, 2.24) is 15.3 Å². The van der Waals surface area contributed by atoms with Gasteiger partial charge in [0.05, 0.1) is 0 Å². The maximum Gasteiger partial charge on any atom is 0.270 e. The molecule has 0 aliphatic rings. The number of rotatable bonds is 8. The molecule has 1 heterocycles. The Kier molecular flexibility index (Phi) is 6.85. The van der Waals surface area contributed by atoms with E-state index in [4.69, 9.17) is 0 Å². The molecule has 106 valence electrons. The van der Waals surface area contributed by atoms with Crippen molar-refractivity contribution in [3.63, 3.8) is 0 Å². The van der Waals surface area contributed by atoms with Gasteiger partial charge in [-0.05, 0) is 26.3 Å². The number of anilines is 1. The number of carbonyl (C=O) groups is 1. The van der Waals surface area contributed by atoms with Crippen molar-refractivity contribution in [3.05, 3.63) is 18.0 Å². The first-order chi connectivity index (χ1) is 9.22. The van der Waals surface area contributed by atoms with Crippen LogP contribution < -0.4 is 10.2 Å². The third kappa shape index (κ3) is 4.85. The monoisotopic (exact) mass is 264 g/mol. The average molecular weight is 264 g/mol. The molecule has 0 fully saturated rings. The second-order valence-corrected chi connectivity index (χ2v) is 4.38. The molecule has 0 saturated carbocycles. The lowest BCUT2D eigenvalue weighted by Gasteiger charge is -2.18. The Hall–Kier alpha value is -1.65. The number of nitrogens with zero attached hydrogens (tertiary/aromatic N) is 3. The van der Waals surface area contributed by atoms with Crippen LogP contribution in [0.3, 0.4) is 0 Å². The van der Waals surface area contributed by atoms with Crippen molar-refractivity contribution < 1.29 is 4.79 Å². The van der Waals surface area contributed by atoms with Gasteiger partial charge in [0, 0.05) is 25.8 Å². The van der Waals surface area contributed by atoms with E-state index in [0.29, 0.717) is 18.2 Å². The van der Waals surface area contributed by atoms with Crippen LogP contribution in [0.2, 0.25) is 0 Å². The number of nitrogens with one attached hydrogen (secondary N) is 1. The largest absolute Gasteiger partial charge is 0.351 e. The zero-order chi connectivity index (χ0) is 14.1. The van der Waals surface area contributed by atoms with Gasteiger partial charge in [-0.3, -0.25) is 4.79 Å². The number of unbranched alkanes of at least 4 members (excludes halogenated alkanes) is 2. The van der Waals surface area contributed by atoms with Crippen LogP contribution in [0.25, 0.3) is 0 Å². The van der Waals surface area contributed by atoms with E-state index in [2.05, 4.69) is 22.2 Å². The van der Waals surface area contributed by atoms with E-state index < -0.39 is 0 Å². The Morgan fingerprint density at radius 3 is 2.63 bits per heavy atom. The third-order valence-corrected chi connectivity index (χ3v) is 2.99. The van der Waals surface area contributed by atoms with Gasteiger partial charge in [0.2, 0.25) is 5.95 Å². The Labute approximate surface area is 115 Å². The Morgan fingerprint density at radius 2 is 2.00 bits per heavy atom. The summed E-state index contributed by atoms with van der Waals surface area (Å²) in [7, 11) is 0. The quantitative estimate of drug-likeness (QED) is 0.732. The molecule has 0 bridgehead atoms. The first kappa shape index (κ1) is 15.4. The van der Waals surface area contributed by atoms with E-state index in [-0.39, 0.29) is 5.91 Å². The SMILES string of the molecule is CCCCCNC(=O)c1ccnc(N(CC)CC)n1. The molecule has 0 radical (unpaired) electrons. The highest BCUT2D eigenvalue weighted by Crippen LogP contribution is 2.07. The fourth-order valence-electron chi connectivity index (χ4n) is 1.80. The summed E-state index contributed by atoms with van der Waals surface area (Å²) >= 11 is 0. The molecule has 1 amide bonds. The molecule has 0 aromatic carbocycles. The molecule has 0 saturated heterocycles. The molecular formula is C14H24N4O. The molecule has 1 aromatic heterocycles. The first-order valence-electron chi connectivity index (χ1n) is 7.09. The first-order valence-corrected chi connectivity index (χ1v) is 7.09. The van der Waals surface area contributed by atoms with Crippen molar-refractivity contribution in [1.29, 1.82) is 0 Å². The van der Waals surface area contributed by atoms with Crippen LogP contribution in [0.4, 0.5) is 5.95 Å². The second kappa shape index (κ2) is 8.45. The van der Waals surface area contributed by atoms with E-state index >= 15 is 0 Å². The number of carbonyl (C=O) groups excluding carboxylic acids is 1. The molecule has 5 nitrogen and oxygen atoms in total. The van der Waals surface area contributed by atoms with Gasteiger partial charge in [0.15, 0.2) is 0 Å². The molecular weight excluding hydrogens is 240 g/mol. The summed E-state index contributed by atoms with van der Waals surface area (Å²) in [6.45, 7) is 8.60. The predicted molar refractivity (Wildman–Crippen MR) is 77.5 cm³/mol. The fraction of sp³-hybridized carbons (Fsp3) is 0.643. The summed E-state index contributed by atoms with van der Waals surface area (Å²) in [5.41, 5.74) is 0.438. The molecule has 1 N–H and O–H groups in total. The van der Waals surface area contributed by atoms with Crippen molar-refractivity contribution in [3.8, 4) is 0 Å². The summed E-state index contributed by atoms with van der Waals surface area (Å²) < 4.78 is 0. The van der Waals surface area contributed by atoms with Gasteiger partial charge in [-0.1, -0.05) is 19.8 Å². The Morgan fingerprint density at radius 1 is 1.26 bits per heavy atom. The van der Waals surface area contributed by atoms with Crippen LogP contribution in [0.5, 0.6) is 0 Å². The summed E-state index contributed by atoms with van der Waals surface area (Å²) in [4.78, 5) is 22.5. The Balaban J connectivity index is 2.62. The zero-order valence-electron chi connectivity index (χ0n) is 12.1. The molecule has 0 aliphatic carbocycles. The number of amides is 1. The van der Waals surface area contributed by atoms with E-state index in [1.165, 1.54) is 0 Å². The average Bonchev–Trinajstić information content (AvgIpc) is 2.45. The lowest BCUT2D eigenvalue weighted by atomic mass is 10.2. The highest BCUT2D eigenvalue weighted by atomic mass is 16.1. The van der Waals surface area contributed by atoms with Crippen molar-refractivity contribution >= 4 is 11.9 Å². The van der Waals surface area contributed by atoms with Gasteiger partial charge in [0.1, 0.15) is 5.69 Å². The van der Waals surface area contributed by atoms with Crippen LogP contribution >= 0.6 is 0 Å². The minimum atomic E-state index is -0.119. The second-order valence-electron chi connectivity index (χ2n) is 4.38. The summed E-state index contributed by atoms with van der Waals surface area (Å²) in [5.74, 6) is 0.498. The smallest absolute Gasteiger partial charge is 0.270 e. The lowest BCUT2D eigenvalue weighted by Crippen LogP contribution is -2.28. The van der Waals surface area contributed by atoms with Gasteiger partial charge < -0.3 is 10.2 Å². The zero-order valence-corrected chi connectivity index (χ0v) is 12.1. The summed E-state index contributed by atoms with van der Waals surface area (Å²) in [5, 5.41) is 2.89. The standard InChI is InChI=1S/C14H24N4O/c1-4-7-8-10-15-13(19)12-9-11-16-14(17-12)18(5-2)6-3/h9,11H,4-8,10H2,1-3H3,(H,15,19). The Bertz CT molecular complexity index is 391. The van der Waals surface area contributed by atoms with Crippen LogP contribution in [0.15, 0.2) is 12.3 Å². The van der Waals surface area contributed by atoms with E-state index in [1.807, 2.05) is 18.7 Å². The molecule has 1 aromatic rings. The highest BCUT2D eigenvalue weighted by Gasteiger charge is 2.10. The number of hydrogen-bond acceptors (Lipinski definition) is 4. The van der Waals surface area contributed by atoms with Crippen molar-refractivity contribution in [2.45, 2.75) is 40.0 Å². The molecule has 1 rings (SSSR count). The fourth-order valence-corrected chi connectivity index (χ4v) is 1.80. The van der Waals surface area contributed by atoms with Crippen LogP contribution in [-0.2, 0) is 0 Å². The van der Waals surface area contributed by atoms with Crippen LogP contribution in [0, 0.1) is 0 Å². The number of hydrogen-bond donors (Lipinski definition) is 1. The van der Waals surface area contributed by atoms with Gasteiger partial charge >= 0.3 is 0 Å². The molecule has 0 spiro atoms. The minimum Gasteiger partial charge on any atom is -0.351 e. The summed E-state index contributed by atoms with van der Waals surface area (Å²) in [6, 6.07) is 1.65. The molecule has 0 atom stereocenters. The van der Waals surface area contributed by atoms with Crippen molar-refractivity contribution in [2.24, 2.45) is 0 Å².